The lowest BCUT2D eigenvalue weighted by atomic mass is 10.2. The molecule has 24 heavy (non-hydrogen) atoms. The zero-order valence-corrected chi connectivity index (χ0v) is 16.5. The molecule has 1 atom stereocenters. The zero-order valence-electron chi connectivity index (χ0n) is 14.8. The average Bonchev–Trinajstić information content (AvgIpc) is 3.11. The molecule has 0 spiro atoms. The number of nitrogens with one attached hydrogen (secondary N) is 1. The van der Waals surface area contributed by atoms with Crippen molar-refractivity contribution in [3.8, 4) is 0 Å². The molecule has 2 rings (SSSR count). The van der Waals surface area contributed by atoms with Gasteiger partial charge in [-0.1, -0.05) is 0 Å². The van der Waals surface area contributed by atoms with Gasteiger partial charge < -0.3 is 10.2 Å². The van der Waals surface area contributed by atoms with Gasteiger partial charge in [-0.3, -0.25) is 4.99 Å². The predicted molar refractivity (Wildman–Crippen MR) is 98.9 cm³/mol. The molecule has 9 heteroatoms. The molecule has 0 bridgehead atoms. The van der Waals surface area contributed by atoms with Crippen molar-refractivity contribution < 1.29 is 8.42 Å². The van der Waals surface area contributed by atoms with Gasteiger partial charge in [0.25, 0.3) is 0 Å². The van der Waals surface area contributed by atoms with Gasteiger partial charge in [-0.15, -0.1) is 11.3 Å². The minimum absolute atomic E-state index is 0.0384. The van der Waals surface area contributed by atoms with E-state index in [-0.39, 0.29) is 6.04 Å². The normalized spacial score (nSPS) is 19.7. The van der Waals surface area contributed by atoms with E-state index in [1.165, 1.54) is 6.26 Å². The second-order valence-corrected chi connectivity index (χ2v) is 9.08. The molecular formula is C15H27N5O2S2. The highest BCUT2D eigenvalue weighted by atomic mass is 32.2. The van der Waals surface area contributed by atoms with Crippen molar-refractivity contribution in [3.63, 3.8) is 0 Å². The molecule has 1 N–H and O–H groups in total. The lowest BCUT2D eigenvalue weighted by Crippen LogP contribution is -2.41. The van der Waals surface area contributed by atoms with Crippen LogP contribution in [0, 0.1) is 6.92 Å². The first-order valence-electron chi connectivity index (χ1n) is 8.18. The van der Waals surface area contributed by atoms with E-state index in [2.05, 4.69) is 20.7 Å². The lowest BCUT2D eigenvalue weighted by molar-refractivity contribution is 0.393. The average molecular weight is 374 g/mol. The summed E-state index contributed by atoms with van der Waals surface area (Å²) in [5.74, 6) is 0.781. The van der Waals surface area contributed by atoms with E-state index in [0.29, 0.717) is 19.6 Å². The topological polar surface area (TPSA) is 77.9 Å². The van der Waals surface area contributed by atoms with Crippen LogP contribution in [0.25, 0.3) is 0 Å². The largest absolute Gasteiger partial charge is 0.357 e. The highest BCUT2D eigenvalue weighted by Crippen LogP contribution is 2.20. The first kappa shape index (κ1) is 19.1. The molecule has 0 radical (unpaired) electrons. The summed E-state index contributed by atoms with van der Waals surface area (Å²) in [6.07, 6.45) is 3.04. The zero-order chi connectivity index (χ0) is 17.7. The first-order valence-corrected chi connectivity index (χ1v) is 10.9. The number of thiazole rings is 1. The Morgan fingerprint density at radius 3 is 2.92 bits per heavy atom. The van der Waals surface area contributed by atoms with Gasteiger partial charge in [-0.05, 0) is 26.7 Å². The Morgan fingerprint density at radius 1 is 1.58 bits per heavy atom. The minimum Gasteiger partial charge on any atom is -0.357 e. The second-order valence-electron chi connectivity index (χ2n) is 6.08. The van der Waals surface area contributed by atoms with Gasteiger partial charge in [-0.2, -0.15) is 4.31 Å². The van der Waals surface area contributed by atoms with Crippen molar-refractivity contribution in [3.05, 3.63) is 16.1 Å². The number of hydrogen-bond donors (Lipinski definition) is 1. The molecule has 0 saturated carbocycles. The Kier molecular flexibility index (Phi) is 6.59. The van der Waals surface area contributed by atoms with E-state index in [9.17, 15) is 8.42 Å². The molecule has 1 aromatic heterocycles. The fraction of sp³-hybridized carbons (Fsp3) is 0.733. The van der Waals surface area contributed by atoms with Crippen LogP contribution >= 0.6 is 11.3 Å². The van der Waals surface area contributed by atoms with E-state index in [1.54, 1.807) is 15.6 Å². The fourth-order valence-corrected chi connectivity index (χ4v) is 4.67. The van der Waals surface area contributed by atoms with E-state index >= 15 is 0 Å². The Hall–Kier alpha value is -1.19. The number of aromatic nitrogens is 1. The smallest absolute Gasteiger partial charge is 0.211 e. The maximum Gasteiger partial charge on any atom is 0.211 e. The summed E-state index contributed by atoms with van der Waals surface area (Å²) in [7, 11) is -1.19. The molecular weight excluding hydrogens is 346 g/mol. The Morgan fingerprint density at radius 2 is 2.33 bits per heavy atom. The number of guanidine groups is 1. The van der Waals surface area contributed by atoms with Gasteiger partial charge in [0.2, 0.25) is 10.0 Å². The van der Waals surface area contributed by atoms with Gasteiger partial charge in [-0.25, -0.2) is 13.4 Å². The van der Waals surface area contributed by atoms with Crippen molar-refractivity contribution in [2.24, 2.45) is 4.99 Å². The van der Waals surface area contributed by atoms with E-state index in [4.69, 9.17) is 0 Å². The summed E-state index contributed by atoms with van der Waals surface area (Å²) in [5, 5.41) is 6.37. The van der Waals surface area contributed by atoms with Crippen molar-refractivity contribution in [1.82, 2.24) is 19.5 Å². The number of aliphatic imine (C=N–C) groups is 1. The van der Waals surface area contributed by atoms with Crippen LogP contribution in [0.3, 0.4) is 0 Å². The van der Waals surface area contributed by atoms with Crippen LogP contribution in [0.1, 0.15) is 30.5 Å². The van der Waals surface area contributed by atoms with Crippen LogP contribution in [0.4, 0.5) is 0 Å². The molecule has 136 valence electrons. The molecule has 0 aliphatic carbocycles. The molecule has 0 aromatic carbocycles. The van der Waals surface area contributed by atoms with Crippen molar-refractivity contribution in [1.29, 1.82) is 0 Å². The number of aryl methyl sites for hydroxylation is 1. The van der Waals surface area contributed by atoms with E-state index in [0.717, 1.165) is 36.0 Å². The highest BCUT2D eigenvalue weighted by Gasteiger charge is 2.31. The van der Waals surface area contributed by atoms with Crippen LogP contribution in [0.15, 0.2) is 10.4 Å². The van der Waals surface area contributed by atoms with Crippen LogP contribution in [-0.4, -0.2) is 67.5 Å². The Bertz CT molecular complexity index is 671. The SMILES string of the molecule is CCNC(=NC[C@H]1CCCN1S(C)(=O)=O)N(C)Cc1csc(C)n1. The predicted octanol–water partition coefficient (Wildman–Crippen LogP) is 1.27. The molecule has 0 amide bonds. The molecule has 1 aromatic rings. The maximum atomic E-state index is 11.8. The van der Waals surface area contributed by atoms with Gasteiger partial charge in [0.05, 0.1) is 30.0 Å². The van der Waals surface area contributed by atoms with Crippen molar-refractivity contribution in [2.45, 2.75) is 39.3 Å². The number of sulfonamides is 1. The summed E-state index contributed by atoms with van der Waals surface area (Å²) in [6.45, 7) is 6.54. The summed E-state index contributed by atoms with van der Waals surface area (Å²) < 4.78 is 25.2. The molecule has 1 saturated heterocycles. The summed E-state index contributed by atoms with van der Waals surface area (Å²) in [6, 6.07) is -0.0384. The first-order chi connectivity index (χ1) is 11.3. The number of nitrogens with zero attached hydrogens (tertiary/aromatic N) is 4. The Labute approximate surface area is 148 Å². The molecule has 1 aliphatic rings. The van der Waals surface area contributed by atoms with Crippen LogP contribution < -0.4 is 5.32 Å². The molecule has 1 aliphatic heterocycles. The fourth-order valence-electron chi connectivity index (χ4n) is 2.89. The third-order valence-corrected chi connectivity index (χ3v) is 6.12. The summed E-state index contributed by atoms with van der Waals surface area (Å²) in [4.78, 5) is 11.2. The standard InChI is InChI=1S/C15H27N5O2S2/c1-5-16-15(19(3)10-13-11-23-12(2)18-13)17-9-14-7-6-8-20(14)24(4,21)22/h11,14H,5-10H2,1-4H3,(H,16,17)/t14-/m1/s1. The van der Waals surface area contributed by atoms with Gasteiger partial charge in [0.15, 0.2) is 5.96 Å². The third-order valence-electron chi connectivity index (χ3n) is 3.96. The van der Waals surface area contributed by atoms with E-state index in [1.807, 2.05) is 25.8 Å². The lowest BCUT2D eigenvalue weighted by Gasteiger charge is -2.24. The quantitative estimate of drug-likeness (QED) is 0.600. The van der Waals surface area contributed by atoms with Crippen molar-refractivity contribution in [2.75, 3.05) is 32.9 Å². The van der Waals surface area contributed by atoms with Crippen LogP contribution in [0.5, 0.6) is 0 Å². The maximum absolute atomic E-state index is 11.8. The molecule has 2 heterocycles. The summed E-state index contributed by atoms with van der Waals surface area (Å²) in [5.41, 5.74) is 1.02. The number of rotatable bonds is 6. The molecule has 7 nitrogen and oxygen atoms in total. The molecule has 0 unspecified atom stereocenters. The van der Waals surface area contributed by atoms with Gasteiger partial charge in [0.1, 0.15) is 0 Å². The second kappa shape index (κ2) is 8.26. The summed E-state index contributed by atoms with van der Waals surface area (Å²) >= 11 is 1.64. The monoisotopic (exact) mass is 373 g/mol. The van der Waals surface area contributed by atoms with Gasteiger partial charge in [0, 0.05) is 31.6 Å². The highest BCUT2D eigenvalue weighted by molar-refractivity contribution is 7.88. The number of hydrogen-bond acceptors (Lipinski definition) is 5. The van der Waals surface area contributed by atoms with Crippen LogP contribution in [0.2, 0.25) is 0 Å². The van der Waals surface area contributed by atoms with Crippen molar-refractivity contribution >= 4 is 27.3 Å². The van der Waals surface area contributed by atoms with E-state index < -0.39 is 10.0 Å². The molecule has 1 fully saturated rings. The third kappa shape index (κ3) is 5.15. The minimum atomic E-state index is -3.16. The van der Waals surface area contributed by atoms with Crippen LogP contribution in [-0.2, 0) is 16.6 Å². The Balaban J connectivity index is 2.04. The van der Waals surface area contributed by atoms with Gasteiger partial charge >= 0.3 is 0 Å².